The number of fused-ring (bicyclic) bond motifs is 5. The van der Waals surface area contributed by atoms with Gasteiger partial charge < -0.3 is 4.74 Å². The van der Waals surface area contributed by atoms with Crippen LogP contribution in [-0.4, -0.2) is 32.0 Å². The number of hydrogen-bond acceptors (Lipinski definition) is 4. The monoisotopic (exact) mass is 291 g/mol. The summed E-state index contributed by atoms with van der Waals surface area (Å²) in [4.78, 5) is 4.88. The molecule has 22 heavy (non-hydrogen) atoms. The third-order valence-electron chi connectivity index (χ3n) is 4.30. The molecule has 5 rings (SSSR count). The van der Waals surface area contributed by atoms with Crippen LogP contribution in [0.3, 0.4) is 0 Å². The Labute approximate surface area is 125 Å². The zero-order valence-corrected chi connectivity index (χ0v) is 11.8. The van der Waals surface area contributed by atoms with Gasteiger partial charge in [-0.3, -0.25) is 10.2 Å². The van der Waals surface area contributed by atoms with Crippen molar-refractivity contribution in [2.75, 3.05) is 6.61 Å². The molecule has 1 aliphatic heterocycles. The number of ether oxygens (including phenoxy) is 1. The largest absolute Gasteiger partial charge is 0.376 e. The van der Waals surface area contributed by atoms with Crippen molar-refractivity contribution in [3.8, 4) is 11.3 Å². The van der Waals surface area contributed by atoms with Gasteiger partial charge in [0.05, 0.1) is 42.3 Å². The van der Waals surface area contributed by atoms with Crippen molar-refractivity contribution in [2.24, 2.45) is 0 Å². The number of hydrogen-bond donors (Lipinski definition) is 2. The van der Waals surface area contributed by atoms with Crippen LogP contribution in [0.5, 0.6) is 0 Å². The SMILES string of the molecule is c1n[nH]cc1-c1nc2ccc3[nH]ncc3c2c2c1COCC2. The summed E-state index contributed by atoms with van der Waals surface area (Å²) in [6, 6.07) is 4.08. The van der Waals surface area contributed by atoms with Crippen LogP contribution in [0.2, 0.25) is 0 Å². The maximum Gasteiger partial charge on any atom is 0.0799 e. The third-order valence-corrected chi connectivity index (χ3v) is 4.30. The van der Waals surface area contributed by atoms with Gasteiger partial charge in [0.15, 0.2) is 0 Å². The summed E-state index contributed by atoms with van der Waals surface area (Å²) in [6.45, 7) is 1.33. The molecule has 0 saturated heterocycles. The number of H-pyrrole nitrogens is 2. The molecule has 108 valence electrons. The average molecular weight is 291 g/mol. The van der Waals surface area contributed by atoms with Gasteiger partial charge >= 0.3 is 0 Å². The molecule has 1 aromatic carbocycles. The summed E-state index contributed by atoms with van der Waals surface area (Å²) >= 11 is 0. The first-order chi connectivity index (χ1) is 10.9. The Hall–Kier alpha value is -2.73. The van der Waals surface area contributed by atoms with Crippen LogP contribution in [0, 0.1) is 0 Å². The Morgan fingerprint density at radius 2 is 2.09 bits per heavy atom. The van der Waals surface area contributed by atoms with E-state index in [0.717, 1.165) is 46.3 Å². The number of aromatic nitrogens is 5. The first-order valence-electron chi connectivity index (χ1n) is 7.26. The number of nitrogens with one attached hydrogen (secondary N) is 2. The van der Waals surface area contributed by atoms with E-state index in [0.29, 0.717) is 6.61 Å². The molecule has 1 aliphatic rings. The predicted octanol–water partition coefficient (Wildman–Crippen LogP) is 2.57. The second-order valence-corrected chi connectivity index (χ2v) is 5.50. The molecule has 0 amide bonds. The van der Waals surface area contributed by atoms with Crippen molar-refractivity contribution < 1.29 is 4.74 Å². The van der Waals surface area contributed by atoms with Gasteiger partial charge in [0.1, 0.15) is 0 Å². The Balaban J connectivity index is 1.95. The summed E-state index contributed by atoms with van der Waals surface area (Å²) in [7, 11) is 0. The van der Waals surface area contributed by atoms with E-state index in [1.54, 1.807) is 6.20 Å². The van der Waals surface area contributed by atoms with Crippen molar-refractivity contribution in [3.05, 3.63) is 41.9 Å². The van der Waals surface area contributed by atoms with Gasteiger partial charge in [-0.25, -0.2) is 4.98 Å². The number of nitrogens with zero attached hydrogens (tertiary/aromatic N) is 3. The van der Waals surface area contributed by atoms with Crippen LogP contribution in [0.4, 0.5) is 0 Å². The Bertz CT molecular complexity index is 987. The molecule has 0 atom stereocenters. The van der Waals surface area contributed by atoms with E-state index in [1.165, 1.54) is 10.9 Å². The minimum Gasteiger partial charge on any atom is -0.376 e. The van der Waals surface area contributed by atoms with Crippen molar-refractivity contribution >= 4 is 21.8 Å². The number of benzene rings is 1. The van der Waals surface area contributed by atoms with Crippen LogP contribution in [0.1, 0.15) is 11.1 Å². The highest BCUT2D eigenvalue weighted by Crippen LogP contribution is 2.35. The fraction of sp³-hybridized carbons (Fsp3) is 0.188. The first-order valence-corrected chi connectivity index (χ1v) is 7.26. The quantitative estimate of drug-likeness (QED) is 0.565. The fourth-order valence-electron chi connectivity index (χ4n) is 3.30. The molecule has 6 nitrogen and oxygen atoms in total. The Kier molecular flexibility index (Phi) is 2.37. The molecule has 0 unspecified atom stereocenters. The van der Waals surface area contributed by atoms with Gasteiger partial charge in [-0.15, -0.1) is 0 Å². The van der Waals surface area contributed by atoms with E-state index in [2.05, 4.69) is 26.5 Å². The minimum atomic E-state index is 0.590. The molecule has 4 heterocycles. The van der Waals surface area contributed by atoms with Gasteiger partial charge in [-0.05, 0) is 24.1 Å². The lowest BCUT2D eigenvalue weighted by Crippen LogP contribution is -2.13. The van der Waals surface area contributed by atoms with Gasteiger partial charge in [0.2, 0.25) is 0 Å². The van der Waals surface area contributed by atoms with Gasteiger partial charge in [0, 0.05) is 28.1 Å². The molecular formula is C16H13N5O. The molecule has 0 bridgehead atoms. The average Bonchev–Trinajstić information content (AvgIpc) is 3.25. The minimum absolute atomic E-state index is 0.590. The zero-order chi connectivity index (χ0) is 14.5. The highest BCUT2D eigenvalue weighted by atomic mass is 16.5. The van der Waals surface area contributed by atoms with Crippen LogP contribution >= 0.6 is 0 Å². The summed E-state index contributed by atoms with van der Waals surface area (Å²) in [5.74, 6) is 0. The lowest BCUT2D eigenvalue weighted by molar-refractivity contribution is 0.111. The highest BCUT2D eigenvalue weighted by molar-refractivity contribution is 6.07. The van der Waals surface area contributed by atoms with E-state index in [9.17, 15) is 0 Å². The maximum atomic E-state index is 5.68. The summed E-state index contributed by atoms with van der Waals surface area (Å²) in [5.41, 5.74) is 6.47. The molecule has 0 radical (unpaired) electrons. The van der Waals surface area contributed by atoms with Crippen molar-refractivity contribution in [1.82, 2.24) is 25.4 Å². The van der Waals surface area contributed by atoms with E-state index in [-0.39, 0.29) is 0 Å². The third kappa shape index (κ3) is 1.55. The summed E-state index contributed by atoms with van der Waals surface area (Å²) in [5, 5.41) is 16.4. The molecule has 0 fully saturated rings. The fourth-order valence-corrected chi connectivity index (χ4v) is 3.30. The Morgan fingerprint density at radius 3 is 3.00 bits per heavy atom. The molecule has 3 aromatic heterocycles. The van der Waals surface area contributed by atoms with Crippen molar-refractivity contribution in [1.29, 1.82) is 0 Å². The number of aromatic amines is 2. The lowest BCUT2D eigenvalue weighted by Gasteiger charge is -2.21. The molecule has 4 aromatic rings. The van der Waals surface area contributed by atoms with Crippen molar-refractivity contribution in [3.63, 3.8) is 0 Å². The van der Waals surface area contributed by atoms with Gasteiger partial charge in [-0.1, -0.05) is 0 Å². The summed E-state index contributed by atoms with van der Waals surface area (Å²) < 4.78 is 5.68. The van der Waals surface area contributed by atoms with E-state index in [4.69, 9.17) is 9.72 Å². The normalized spacial score (nSPS) is 14.5. The topological polar surface area (TPSA) is 79.5 Å². The van der Waals surface area contributed by atoms with Crippen molar-refractivity contribution in [2.45, 2.75) is 13.0 Å². The smallest absolute Gasteiger partial charge is 0.0799 e. The molecule has 2 N–H and O–H groups in total. The molecule has 0 saturated carbocycles. The number of pyridine rings is 1. The first kappa shape index (κ1) is 11.9. The highest BCUT2D eigenvalue weighted by Gasteiger charge is 2.21. The van der Waals surface area contributed by atoms with Crippen LogP contribution < -0.4 is 0 Å². The van der Waals surface area contributed by atoms with E-state index < -0.39 is 0 Å². The summed E-state index contributed by atoms with van der Waals surface area (Å²) in [6.07, 6.45) is 6.45. The van der Waals surface area contributed by atoms with E-state index >= 15 is 0 Å². The second kappa shape index (κ2) is 4.38. The van der Waals surface area contributed by atoms with Gasteiger partial charge in [0.25, 0.3) is 0 Å². The predicted molar refractivity (Wildman–Crippen MR) is 82.3 cm³/mol. The lowest BCUT2D eigenvalue weighted by atomic mass is 9.93. The maximum absolute atomic E-state index is 5.68. The van der Waals surface area contributed by atoms with E-state index in [1.807, 2.05) is 18.5 Å². The van der Waals surface area contributed by atoms with Crippen LogP contribution in [-0.2, 0) is 17.8 Å². The standard InChI is InChI=1S/C16H13N5O/c1-2-14-15(11-7-19-21-13(1)11)10-3-4-22-8-12(10)16(20-14)9-5-17-18-6-9/h1-2,5-7H,3-4,8H2,(H,17,18)(H,19,21). The molecule has 6 heteroatoms. The van der Waals surface area contributed by atoms with Crippen LogP contribution in [0.25, 0.3) is 33.1 Å². The molecule has 0 spiro atoms. The van der Waals surface area contributed by atoms with Gasteiger partial charge in [-0.2, -0.15) is 10.2 Å². The second-order valence-electron chi connectivity index (χ2n) is 5.50. The molecule has 0 aliphatic carbocycles. The number of rotatable bonds is 1. The zero-order valence-electron chi connectivity index (χ0n) is 11.8. The Morgan fingerprint density at radius 1 is 1.09 bits per heavy atom. The van der Waals surface area contributed by atoms with Crippen LogP contribution in [0.15, 0.2) is 30.7 Å². The molecular weight excluding hydrogens is 278 g/mol.